The standard InChI is InChI=1S/C30H31N3O/c1-3-33(4-2)28-22-20-24(21-23-28)29(34)31-32-30(25-14-8-5-9-15-25,26-16-10-6-11-17-26)27-18-12-7-13-19-27/h5-23,32H,3-4H2,1-2H3,(H,31,34). The molecule has 0 radical (unpaired) electrons. The van der Waals surface area contributed by atoms with Crippen molar-refractivity contribution in [2.75, 3.05) is 18.0 Å². The minimum absolute atomic E-state index is 0.182. The van der Waals surface area contributed by atoms with E-state index in [-0.39, 0.29) is 5.91 Å². The Bertz CT molecular complexity index is 1080. The van der Waals surface area contributed by atoms with Crippen LogP contribution in [0.4, 0.5) is 5.69 Å². The van der Waals surface area contributed by atoms with Gasteiger partial charge in [-0.05, 0) is 54.8 Å². The van der Waals surface area contributed by atoms with Crippen LogP contribution in [-0.4, -0.2) is 19.0 Å². The van der Waals surface area contributed by atoms with Crippen molar-refractivity contribution in [2.45, 2.75) is 19.4 Å². The highest BCUT2D eigenvalue weighted by molar-refractivity contribution is 5.94. The first-order valence-electron chi connectivity index (χ1n) is 11.8. The minimum atomic E-state index is -0.763. The third kappa shape index (κ3) is 4.73. The fourth-order valence-corrected chi connectivity index (χ4v) is 4.42. The molecule has 0 heterocycles. The van der Waals surface area contributed by atoms with E-state index >= 15 is 0 Å². The van der Waals surface area contributed by atoms with Crippen molar-refractivity contribution in [3.05, 3.63) is 138 Å². The molecule has 4 heteroatoms. The van der Waals surface area contributed by atoms with Crippen LogP contribution in [0.3, 0.4) is 0 Å². The van der Waals surface area contributed by atoms with Gasteiger partial charge in [0, 0.05) is 24.3 Å². The molecule has 0 saturated heterocycles. The summed E-state index contributed by atoms with van der Waals surface area (Å²) < 4.78 is 0. The molecule has 0 spiro atoms. The summed E-state index contributed by atoms with van der Waals surface area (Å²) >= 11 is 0. The van der Waals surface area contributed by atoms with E-state index in [1.54, 1.807) is 0 Å². The average molecular weight is 450 g/mol. The predicted octanol–water partition coefficient (Wildman–Crippen LogP) is 5.76. The van der Waals surface area contributed by atoms with E-state index in [0.29, 0.717) is 5.56 Å². The third-order valence-corrected chi connectivity index (χ3v) is 6.24. The van der Waals surface area contributed by atoms with E-state index in [4.69, 9.17) is 0 Å². The van der Waals surface area contributed by atoms with E-state index in [1.807, 2.05) is 78.9 Å². The molecule has 0 aliphatic heterocycles. The molecule has 4 rings (SSSR count). The normalized spacial score (nSPS) is 11.1. The lowest BCUT2D eigenvalue weighted by molar-refractivity contribution is 0.0918. The lowest BCUT2D eigenvalue weighted by Gasteiger charge is -2.37. The van der Waals surface area contributed by atoms with Crippen LogP contribution in [0.15, 0.2) is 115 Å². The van der Waals surface area contributed by atoms with Crippen LogP contribution in [0.2, 0.25) is 0 Å². The molecule has 0 fully saturated rings. The van der Waals surface area contributed by atoms with Crippen LogP contribution in [-0.2, 0) is 5.54 Å². The van der Waals surface area contributed by atoms with Crippen LogP contribution < -0.4 is 15.8 Å². The lowest BCUT2D eigenvalue weighted by atomic mass is 9.77. The largest absolute Gasteiger partial charge is 0.372 e. The van der Waals surface area contributed by atoms with Crippen LogP contribution in [0.1, 0.15) is 40.9 Å². The van der Waals surface area contributed by atoms with E-state index in [1.165, 1.54) is 0 Å². The van der Waals surface area contributed by atoms with Gasteiger partial charge in [0.15, 0.2) is 0 Å². The summed E-state index contributed by atoms with van der Waals surface area (Å²) in [4.78, 5) is 15.5. The molecule has 0 atom stereocenters. The van der Waals surface area contributed by atoms with Crippen molar-refractivity contribution in [3.8, 4) is 0 Å². The van der Waals surface area contributed by atoms with Crippen molar-refractivity contribution in [3.63, 3.8) is 0 Å². The second-order valence-electron chi connectivity index (χ2n) is 8.15. The van der Waals surface area contributed by atoms with Gasteiger partial charge in [-0.3, -0.25) is 10.2 Å². The number of carbonyl (C=O) groups is 1. The van der Waals surface area contributed by atoms with Gasteiger partial charge >= 0.3 is 0 Å². The number of benzene rings is 4. The Morgan fingerprint density at radius 3 is 1.44 bits per heavy atom. The molecule has 34 heavy (non-hydrogen) atoms. The Kier molecular flexibility index (Phi) is 7.41. The SMILES string of the molecule is CCN(CC)c1ccc(C(=O)NNC(c2ccccc2)(c2ccccc2)c2ccccc2)cc1. The summed E-state index contributed by atoms with van der Waals surface area (Å²) in [6, 6.07) is 38.4. The van der Waals surface area contributed by atoms with Gasteiger partial charge in [0.25, 0.3) is 5.91 Å². The smallest absolute Gasteiger partial charge is 0.265 e. The molecule has 1 amide bonds. The molecular weight excluding hydrogens is 418 g/mol. The number of nitrogens with zero attached hydrogens (tertiary/aromatic N) is 1. The van der Waals surface area contributed by atoms with Crippen LogP contribution >= 0.6 is 0 Å². The van der Waals surface area contributed by atoms with Gasteiger partial charge in [-0.1, -0.05) is 91.0 Å². The zero-order chi connectivity index (χ0) is 23.8. The Morgan fingerprint density at radius 1 is 0.647 bits per heavy atom. The van der Waals surface area contributed by atoms with Gasteiger partial charge in [0.05, 0.1) is 0 Å². The zero-order valence-electron chi connectivity index (χ0n) is 19.7. The maximum Gasteiger partial charge on any atom is 0.265 e. The molecule has 0 aromatic heterocycles. The Hall–Kier alpha value is -3.89. The molecular formula is C30H31N3O. The Balaban J connectivity index is 1.70. The molecule has 4 aromatic carbocycles. The number of hydrazine groups is 1. The van der Waals surface area contributed by atoms with Crippen LogP contribution in [0, 0.1) is 0 Å². The Morgan fingerprint density at radius 2 is 1.06 bits per heavy atom. The number of hydrogen-bond donors (Lipinski definition) is 2. The van der Waals surface area contributed by atoms with Crippen molar-refractivity contribution in [1.29, 1.82) is 0 Å². The summed E-state index contributed by atoms with van der Waals surface area (Å²) in [6.07, 6.45) is 0. The second-order valence-corrected chi connectivity index (χ2v) is 8.15. The average Bonchev–Trinajstić information content (AvgIpc) is 2.92. The number of anilines is 1. The fraction of sp³-hybridized carbons (Fsp3) is 0.167. The summed E-state index contributed by atoms with van der Waals surface area (Å²) in [5.41, 5.74) is 10.5. The molecule has 0 aliphatic carbocycles. The van der Waals surface area contributed by atoms with Gasteiger partial charge in [-0.15, -0.1) is 0 Å². The molecule has 4 nitrogen and oxygen atoms in total. The van der Waals surface area contributed by atoms with Gasteiger partial charge in [-0.25, -0.2) is 5.43 Å². The first kappa shape index (κ1) is 23.3. The van der Waals surface area contributed by atoms with Crippen LogP contribution in [0.25, 0.3) is 0 Å². The summed E-state index contributed by atoms with van der Waals surface area (Å²) in [5, 5.41) is 0. The van der Waals surface area contributed by atoms with Crippen molar-refractivity contribution < 1.29 is 4.79 Å². The van der Waals surface area contributed by atoms with Gasteiger partial charge < -0.3 is 4.90 Å². The summed E-state index contributed by atoms with van der Waals surface area (Å²) in [7, 11) is 0. The quantitative estimate of drug-likeness (QED) is 0.252. The molecule has 172 valence electrons. The summed E-state index contributed by atoms with van der Waals surface area (Å²) in [6.45, 7) is 6.11. The Labute approximate surface area is 202 Å². The third-order valence-electron chi connectivity index (χ3n) is 6.24. The highest BCUT2D eigenvalue weighted by Gasteiger charge is 2.36. The maximum absolute atomic E-state index is 13.2. The number of hydrogen-bond acceptors (Lipinski definition) is 3. The molecule has 0 unspecified atom stereocenters. The lowest BCUT2D eigenvalue weighted by Crippen LogP contribution is -2.53. The first-order chi connectivity index (χ1) is 16.7. The van der Waals surface area contributed by atoms with Crippen molar-refractivity contribution in [2.24, 2.45) is 0 Å². The number of amides is 1. The molecule has 0 bridgehead atoms. The van der Waals surface area contributed by atoms with Gasteiger partial charge in [0.2, 0.25) is 0 Å². The van der Waals surface area contributed by atoms with Crippen molar-refractivity contribution >= 4 is 11.6 Å². The fourth-order valence-electron chi connectivity index (χ4n) is 4.42. The number of nitrogens with one attached hydrogen (secondary N) is 2. The van der Waals surface area contributed by atoms with E-state index in [0.717, 1.165) is 35.5 Å². The maximum atomic E-state index is 13.2. The van der Waals surface area contributed by atoms with E-state index in [9.17, 15) is 4.79 Å². The highest BCUT2D eigenvalue weighted by Crippen LogP contribution is 2.36. The number of carbonyl (C=O) groups excluding carboxylic acids is 1. The zero-order valence-corrected chi connectivity index (χ0v) is 19.7. The van der Waals surface area contributed by atoms with Gasteiger partial charge in [-0.2, -0.15) is 0 Å². The molecule has 2 N–H and O–H groups in total. The molecule has 0 saturated carbocycles. The predicted molar refractivity (Wildman–Crippen MR) is 140 cm³/mol. The minimum Gasteiger partial charge on any atom is -0.372 e. The van der Waals surface area contributed by atoms with Crippen molar-refractivity contribution in [1.82, 2.24) is 10.9 Å². The first-order valence-corrected chi connectivity index (χ1v) is 11.8. The highest BCUT2D eigenvalue weighted by atomic mass is 16.2. The second kappa shape index (κ2) is 10.8. The monoisotopic (exact) mass is 449 g/mol. The van der Waals surface area contributed by atoms with Gasteiger partial charge in [0.1, 0.15) is 5.54 Å². The van der Waals surface area contributed by atoms with E-state index in [2.05, 4.69) is 66.0 Å². The molecule has 4 aromatic rings. The number of rotatable bonds is 9. The summed E-state index contributed by atoms with van der Waals surface area (Å²) in [5.74, 6) is -0.182. The topological polar surface area (TPSA) is 44.4 Å². The van der Waals surface area contributed by atoms with E-state index < -0.39 is 5.54 Å². The molecule has 0 aliphatic rings. The van der Waals surface area contributed by atoms with Crippen LogP contribution in [0.5, 0.6) is 0 Å².